The second kappa shape index (κ2) is 9.24. The molecule has 148 valence electrons. The average Bonchev–Trinajstić information content (AvgIpc) is 2.70. The Morgan fingerprint density at radius 1 is 0.741 bits per heavy atom. The van der Waals surface area contributed by atoms with Gasteiger partial charge in [-0.25, -0.2) is 0 Å². The average molecular weight is 414 g/mol. The van der Waals surface area contributed by atoms with Crippen molar-refractivity contribution in [1.29, 1.82) is 0 Å². The molecule has 0 saturated heterocycles. The maximum atomic E-state index is 12.2. The van der Waals surface area contributed by atoms with Gasteiger partial charge in [-0.2, -0.15) is 0 Å². The van der Waals surface area contributed by atoms with E-state index in [4.69, 9.17) is 9.05 Å². The van der Waals surface area contributed by atoms with Gasteiger partial charge in [-0.1, -0.05) is 60.7 Å². The maximum Gasteiger partial charge on any atom is 0.165 e. The normalized spacial score (nSPS) is 16.4. The molecule has 0 saturated carbocycles. The Morgan fingerprint density at radius 3 is 1.37 bits per heavy atom. The molecule has 2 unspecified atom stereocenters. The molecular weight excluding hydrogens is 394 g/mol. The molecule has 0 aliphatic rings. The SMILES string of the molecule is O=P([O-])(OCC(CO)(CO)COP(=O)([O-])c1ccccc1)c1ccccc1. The van der Waals surface area contributed by atoms with Gasteiger partial charge in [0.25, 0.3) is 0 Å². The Morgan fingerprint density at radius 2 is 1.07 bits per heavy atom. The number of benzene rings is 2. The third kappa shape index (κ3) is 5.82. The number of hydrogen-bond acceptors (Lipinski definition) is 8. The summed E-state index contributed by atoms with van der Waals surface area (Å²) in [4.78, 5) is 24.4. The molecule has 8 nitrogen and oxygen atoms in total. The number of hydrogen-bond donors (Lipinski definition) is 2. The first-order chi connectivity index (χ1) is 12.7. The van der Waals surface area contributed by atoms with Crippen LogP contribution in [0, 0.1) is 5.41 Å². The van der Waals surface area contributed by atoms with Crippen LogP contribution >= 0.6 is 15.2 Å². The quantitative estimate of drug-likeness (QED) is 0.508. The molecule has 0 aliphatic heterocycles. The summed E-state index contributed by atoms with van der Waals surface area (Å²) >= 11 is 0. The highest BCUT2D eigenvalue weighted by atomic mass is 31.2. The molecule has 10 heteroatoms. The van der Waals surface area contributed by atoms with Gasteiger partial charge in [-0.3, -0.25) is 0 Å². The summed E-state index contributed by atoms with van der Waals surface area (Å²) in [5, 5.41) is 19.1. The fourth-order valence-electron chi connectivity index (χ4n) is 2.09. The summed E-state index contributed by atoms with van der Waals surface area (Å²) in [7, 11) is -8.93. The van der Waals surface area contributed by atoms with Crippen LogP contribution in [0.1, 0.15) is 0 Å². The van der Waals surface area contributed by atoms with Crippen molar-refractivity contribution >= 4 is 25.8 Å². The van der Waals surface area contributed by atoms with E-state index in [0.717, 1.165) is 0 Å². The van der Waals surface area contributed by atoms with Crippen LogP contribution in [0.25, 0.3) is 0 Å². The van der Waals surface area contributed by atoms with Gasteiger partial charge in [-0.15, -0.1) is 0 Å². The first-order valence-electron chi connectivity index (χ1n) is 7.99. The lowest BCUT2D eigenvalue weighted by Crippen LogP contribution is -2.41. The smallest absolute Gasteiger partial charge is 0.165 e. The third-order valence-corrected chi connectivity index (χ3v) is 6.70. The lowest BCUT2D eigenvalue weighted by atomic mass is 9.93. The van der Waals surface area contributed by atoms with Gasteiger partial charge in [0, 0.05) is 10.6 Å². The molecule has 0 spiro atoms. The summed E-state index contributed by atoms with van der Waals surface area (Å²) in [6, 6.07) is 14.7. The summed E-state index contributed by atoms with van der Waals surface area (Å²) < 4.78 is 34.3. The third-order valence-electron chi connectivity index (χ3n) is 3.90. The van der Waals surface area contributed by atoms with Crippen molar-refractivity contribution < 1.29 is 38.2 Å². The van der Waals surface area contributed by atoms with Crippen molar-refractivity contribution in [2.24, 2.45) is 5.41 Å². The molecule has 0 heterocycles. The lowest BCUT2D eigenvalue weighted by Gasteiger charge is -2.35. The van der Waals surface area contributed by atoms with E-state index in [1.165, 1.54) is 48.5 Å². The molecule has 0 bridgehead atoms. The van der Waals surface area contributed by atoms with Crippen molar-refractivity contribution in [2.45, 2.75) is 0 Å². The van der Waals surface area contributed by atoms with Crippen LogP contribution in [0.3, 0.4) is 0 Å². The Balaban J connectivity index is 2.09. The van der Waals surface area contributed by atoms with E-state index in [9.17, 15) is 29.1 Å². The highest BCUT2D eigenvalue weighted by Gasteiger charge is 2.33. The highest BCUT2D eigenvalue weighted by molar-refractivity contribution is 7.60. The molecule has 27 heavy (non-hydrogen) atoms. The number of aliphatic hydroxyl groups is 2. The van der Waals surface area contributed by atoms with Gasteiger partial charge in [0.1, 0.15) is 0 Å². The molecule has 2 aromatic carbocycles. The molecule has 2 atom stereocenters. The molecule has 2 aromatic rings. The van der Waals surface area contributed by atoms with Crippen molar-refractivity contribution in [3.05, 3.63) is 60.7 Å². The number of rotatable bonds is 10. The van der Waals surface area contributed by atoms with Crippen LogP contribution in [-0.2, 0) is 18.2 Å². The molecule has 0 fully saturated rings. The van der Waals surface area contributed by atoms with E-state index in [2.05, 4.69) is 0 Å². The zero-order valence-corrected chi connectivity index (χ0v) is 16.1. The molecule has 0 aliphatic carbocycles. The van der Waals surface area contributed by atoms with Crippen LogP contribution in [-0.4, -0.2) is 36.6 Å². The minimum Gasteiger partial charge on any atom is -0.775 e. The van der Waals surface area contributed by atoms with Gasteiger partial charge >= 0.3 is 0 Å². The Hall–Kier alpha value is -1.34. The van der Waals surface area contributed by atoms with E-state index in [-0.39, 0.29) is 10.6 Å². The maximum absolute atomic E-state index is 12.2. The summed E-state index contributed by atoms with van der Waals surface area (Å²) in [5.41, 5.74) is -1.62. The predicted octanol–water partition coefficient (Wildman–Crippen LogP) is -0.252. The minimum atomic E-state index is -4.47. The summed E-state index contributed by atoms with van der Waals surface area (Å²) in [6.45, 7) is -2.78. The Labute approximate surface area is 157 Å². The van der Waals surface area contributed by atoms with E-state index in [0.29, 0.717) is 0 Å². The largest absolute Gasteiger partial charge is 0.775 e. The molecular formula is C17H20O8P2-2. The summed E-state index contributed by atoms with van der Waals surface area (Å²) in [6.07, 6.45) is 0. The molecule has 2 N–H and O–H groups in total. The molecule has 0 amide bonds. The van der Waals surface area contributed by atoms with E-state index >= 15 is 0 Å². The van der Waals surface area contributed by atoms with Crippen LogP contribution in [0.15, 0.2) is 60.7 Å². The van der Waals surface area contributed by atoms with Crippen LogP contribution < -0.4 is 20.4 Å². The van der Waals surface area contributed by atoms with Crippen molar-refractivity contribution in [2.75, 3.05) is 26.4 Å². The zero-order chi connectivity index (χ0) is 20.0. The van der Waals surface area contributed by atoms with Crippen molar-refractivity contribution in [3.63, 3.8) is 0 Å². The Bertz CT molecular complexity index is 743. The minimum absolute atomic E-state index is 0.0746. The zero-order valence-electron chi connectivity index (χ0n) is 14.3. The van der Waals surface area contributed by atoms with Gasteiger partial charge in [0.2, 0.25) is 0 Å². The van der Waals surface area contributed by atoms with Crippen molar-refractivity contribution in [1.82, 2.24) is 0 Å². The fourth-order valence-corrected chi connectivity index (χ4v) is 4.35. The van der Waals surface area contributed by atoms with Crippen LogP contribution in [0.5, 0.6) is 0 Å². The van der Waals surface area contributed by atoms with E-state index < -0.39 is 47.0 Å². The van der Waals surface area contributed by atoms with E-state index in [1.807, 2.05) is 0 Å². The van der Waals surface area contributed by atoms with Crippen molar-refractivity contribution in [3.8, 4) is 0 Å². The topological polar surface area (TPSA) is 139 Å². The van der Waals surface area contributed by atoms with Gasteiger partial charge in [0.15, 0.2) is 15.2 Å². The van der Waals surface area contributed by atoms with E-state index in [1.54, 1.807) is 12.1 Å². The first kappa shape index (κ1) is 22.0. The van der Waals surface area contributed by atoms with Gasteiger partial charge < -0.3 is 38.2 Å². The predicted molar refractivity (Wildman–Crippen MR) is 95.9 cm³/mol. The molecule has 0 radical (unpaired) electrons. The highest BCUT2D eigenvalue weighted by Crippen LogP contribution is 2.41. The lowest BCUT2D eigenvalue weighted by molar-refractivity contribution is -0.202. The van der Waals surface area contributed by atoms with Gasteiger partial charge in [-0.05, 0) is 0 Å². The second-order valence-electron chi connectivity index (χ2n) is 6.03. The Kier molecular flexibility index (Phi) is 7.51. The first-order valence-corrected chi connectivity index (χ1v) is 11.1. The standard InChI is InChI=1S/C17H22O8P2/c18-11-17(12-19,13-24-26(20,21)15-7-3-1-4-8-15)14-25-27(22,23)16-9-5-2-6-10-16/h1-10,18-19H,11-14H2,(H,20,21)(H,22,23)/p-2. The second-order valence-corrected chi connectivity index (χ2v) is 9.57. The van der Waals surface area contributed by atoms with Crippen LogP contribution in [0.2, 0.25) is 0 Å². The fraction of sp³-hybridized carbons (Fsp3) is 0.294. The van der Waals surface area contributed by atoms with Crippen LogP contribution in [0.4, 0.5) is 0 Å². The molecule has 2 rings (SSSR count). The number of aliphatic hydroxyl groups excluding tert-OH is 2. The van der Waals surface area contributed by atoms with Gasteiger partial charge in [0.05, 0.1) is 31.8 Å². The summed E-state index contributed by atoms with van der Waals surface area (Å²) in [5.74, 6) is 0. The monoisotopic (exact) mass is 414 g/mol. The molecule has 0 aromatic heterocycles.